The van der Waals surface area contributed by atoms with Gasteiger partial charge >= 0.3 is 17.9 Å². The molecule has 9 heteroatoms. The Hall–Kier alpha value is -2.52. The molecule has 2 saturated heterocycles. The third-order valence-electron chi connectivity index (χ3n) is 11.1. The van der Waals surface area contributed by atoms with Gasteiger partial charge in [0.2, 0.25) is 6.29 Å². The number of hydrogen-bond donors (Lipinski definition) is 1. The summed E-state index contributed by atoms with van der Waals surface area (Å²) in [5.41, 5.74) is -3.74. The molecule has 0 radical (unpaired) electrons. The van der Waals surface area contributed by atoms with Gasteiger partial charge in [0.15, 0.2) is 11.9 Å². The summed E-state index contributed by atoms with van der Waals surface area (Å²) in [4.78, 5) is 51.3. The second-order valence-electron chi connectivity index (χ2n) is 12.9. The van der Waals surface area contributed by atoms with Gasteiger partial charge in [0.25, 0.3) is 0 Å². The number of esters is 3. The highest BCUT2D eigenvalue weighted by Gasteiger charge is 2.88. The zero-order chi connectivity index (χ0) is 26.9. The second kappa shape index (κ2) is 7.11. The molecule has 10 atom stereocenters. The van der Waals surface area contributed by atoms with Gasteiger partial charge in [0.05, 0.1) is 5.57 Å². The summed E-state index contributed by atoms with van der Waals surface area (Å²) in [5.74, 6) is -1.88. The highest BCUT2D eigenvalue weighted by molar-refractivity contribution is 5.96. The molecule has 0 amide bonds. The number of aliphatic hydroxyl groups is 1. The van der Waals surface area contributed by atoms with Crippen molar-refractivity contribution in [3.8, 4) is 0 Å². The molecule has 37 heavy (non-hydrogen) atoms. The lowest BCUT2D eigenvalue weighted by atomic mass is 9.35. The van der Waals surface area contributed by atoms with E-state index < -0.39 is 69.8 Å². The molecule has 1 spiro atoms. The van der Waals surface area contributed by atoms with Gasteiger partial charge in [0, 0.05) is 23.2 Å². The van der Waals surface area contributed by atoms with Crippen molar-refractivity contribution < 1.29 is 43.2 Å². The Morgan fingerprint density at radius 2 is 1.76 bits per heavy atom. The van der Waals surface area contributed by atoms with Crippen molar-refractivity contribution in [1.29, 1.82) is 0 Å². The van der Waals surface area contributed by atoms with Crippen molar-refractivity contribution in [2.75, 3.05) is 0 Å². The summed E-state index contributed by atoms with van der Waals surface area (Å²) in [6.45, 7) is 11.4. The molecule has 3 aliphatic carbocycles. The number of cyclic esters (lactones) is 2. The lowest BCUT2D eigenvalue weighted by molar-refractivity contribution is -0.247. The van der Waals surface area contributed by atoms with E-state index in [0.717, 1.165) is 0 Å². The first-order valence-electron chi connectivity index (χ1n) is 13.0. The Bertz CT molecular complexity index is 1200. The van der Waals surface area contributed by atoms with Crippen LogP contribution in [0, 0.1) is 33.5 Å². The van der Waals surface area contributed by atoms with Gasteiger partial charge in [-0.2, -0.15) is 0 Å². The van der Waals surface area contributed by atoms with Crippen LogP contribution in [-0.2, 0) is 38.1 Å². The Balaban J connectivity index is 1.54. The molecule has 9 nitrogen and oxygen atoms in total. The smallest absolute Gasteiger partial charge is 0.340 e. The van der Waals surface area contributed by atoms with Crippen LogP contribution in [0.15, 0.2) is 23.8 Å². The Morgan fingerprint density at radius 1 is 1.05 bits per heavy atom. The maximum absolute atomic E-state index is 13.3. The van der Waals surface area contributed by atoms with Crippen molar-refractivity contribution >= 4 is 23.7 Å². The zero-order valence-electron chi connectivity index (χ0n) is 22.0. The van der Waals surface area contributed by atoms with Crippen LogP contribution in [-0.4, -0.2) is 59.0 Å². The van der Waals surface area contributed by atoms with Crippen LogP contribution in [0.1, 0.15) is 60.8 Å². The average molecular weight is 515 g/mol. The minimum atomic E-state index is -1.40. The molecule has 6 aliphatic rings. The molecule has 3 heterocycles. The van der Waals surface area contributed by atoms with Gasteiger partial charge in [-0.3, -0.25) is 9.59 Å². The van der Waals surface area contributed by atoms with Crippen LogP contribution >= 0.6 is 0 Å². The van der Waals surface area contributed by atoms with E-state index in [1.54, 1.807) is 6.08 Å². The Labute approximate surface area is 215 Å². The summed E-state index contributed by atoms with van der Waals surface area (Å²) in [6, 6.07) is 0. The predicted octanol–water partition coefficient (Wildman–Crippen LogP) is 2.40. The molecule has 200 valence electrons. The van der Waals surface area contributed by atoms with Crippen LogP contribution in [0.25, 0.3) is 0 Å². The molecule has 0 aromatic rings. The maximum Gasteiger partial charge on any atom is 0.340 e. The first kappa shape index (κ1) is 24.8. The molecule has 3 aliphatic heterocycles. The highest BCUT2D eigenvalue weighted by Crippen LogP contribution is 2.78. The van der Waals surface area contributed by atoms with E-state index in [4.69, 9.17) is 18.9 Å². The fourth-order valence-electron chi connectivity index (χ4n) is 9.38. The average Bonchev–Trinajstić information content (AvgIpc) is 3.49. The minimum absolute atomic E-state index is 0.0473. The number of allylic oxidation sites excluding steroid dienone is 2. The topological polar surface area (TPSA) is 129 Å². The number of aliphatic hydroxyl groups excluding tert-OH is 1. The number of carbonyl (C=O) groups excluding carboxylic acids is 4. The Morgan fingerprint density at radius 3 is 2.38 bits per heavy atom. The normalized spacial score (nSPS) is 51.0. The summed E-state index contributed by atoms with van der Waals surface area (Å²) in [6.07, 6.45) is 2.76. The monoisotopic (exact) mass is 514 g/mol. The number of rotatable bonds is 2. The molecule has 4 fully saturated rings. The van der Waals surface area contributed by atoms with Crippen molar-refractivity contribution in [2.24, 2.45) is 33.5 Å². The van der Waals surface area contributed by atoms with Crippen molar-refractivity contribution in [1.82, 2.24) is 0 Å². The van der Waals surface area contributed by atoms with Crippen molar-refractivity contribution in [3.05, 3.63) is 23.8 Å². The van der Waals surface area contributed by atoms with Crippen LogP contribution in [0.3, 0.4) is 0 Å². The summed E-state index contributed by atoms with van der Waals surface area (Å²) in [5, 5.41) is 9.95. The summed E-state index contributed by atoms with van der Waals surface area (Å²) in [7, 11) is 0. The van der Waals surface area contributed by atoms with E-state index in [9.17, 15) is 24.3 Å². The Kier molecular flexibility index (Phi) is 4.77. The lowest BCUT2D eigenvalue weighted by Gasteiger charge is -2.68. The molecule has 6 rings (SSSR count). The lowest BCUT2D eigenvalue weighted by Crippen LogP contribution is -2.74. The molecule has 2 saturated carbocycles. The van der Waals surface area contributed by atoms with Gasteiger partial charge in [-0.25, -0.2) is 9.59 Å². The standard InChI is InChI=1S/C28H34O9/c1-13(29)34-18-12-16-24(2,3)17(30)8-9-25(16,4)15-7-10-26(5)20(14-11-19(31)35-22(14)32)36-23(33)21-28(26,37-21)27(15,18)6/h8-9,11,15-16,18-21,31H,7,10,12H2,1-6H3/t15-,16+,18-,19?,20+,21-,25-,26+,27+,28-/m1/s1. The van der Waals surface area contributed by atoms with E-state index in [0.29, 0.717) is 19.3 Å². The number of epoxide rings is 1. The van der Waals surface area contributed by atoms with Crippen LogP contribution < -0.4 is 0 Å². The fraction of sp³-hybridized carbons (Fsp3) is 0.714. The SMILES string of the molecule is CC(=O)O[C@@H]1C[C@H]2C(C)(C)C(=O)C=C[C@]2(C)[C@H]2CC[C@@]3(C)[C@H](C4=CC(O)OC4=O)OC(=O)[C@H]4O[C@]43[C@@]21C. The first-order valence-corrected chi connectivity index (χ1v) is 13.0. The predicted molar refractivity (Wildman–Crippen MR) is 126 cm³/mol. The fourth-order valence-corrected chi connectivity index (χ4v) is 9.38. The zero-order valence-corrected chi connectivity index (χ0v) is 22.0. The number of fused-ring (bicyclic) bond motifs is 3. The number of carbonyl (C=O) groups is 4. The van der Waals surface area contributed by atoms with E-state index in [1.807, 2.05) is 33.8 Å². The summed E-state index contributed by atoms with van der Waals surface area (Å²) >= 11 is 0. The van der Waals surface area contributed by atoms with Crippen LogP contribution in [0.2, 0.25) is 0 Å². The first-order chi connectivity index (χ1) is 17.1. The van der Waals surface area contributed by atoms with Crippen molar-refractivity contribution in [3.63, 3.8) is 0 Å². The van der Waals surface area contributed by atoms with E-state index in [1.165, 1.54) is 13.0 Å². The second-order valence-corrected chi connectivity index (χ2v) is 12.9. The molecular formula is C28H34O9. The van der Waals surface area contributed by atoms with Crippen LogP contribution in [0.5, 0.6) is 0 Å². The third-order valence-corrected chi connectivity index (χ3v) is 11.1. The number of ketones is 1. The molecule has 0 aromatic carbocycles. The van der Waals surface area contributed by atoms with Gasteiger partial charge in [-0.15, -0.1) is 0 Å². The molecule has 1 unspecified atom stereocenters. The van der Waals surface area contributed by atoms with Crippen molar-refractivity contribution in [2.45, 2.75) is 91.0 Å². The van der Waals surface area contributed by atoms with E-state index in [2.05, 4.69) is 6.92 Å². The van der Waals surface area contributed by atoms with Gasteiger partial charge in [-0.05, 0) is 48.7 Å². The third kappa shape index (κ3) is 2.72. The maximum atomic E-state index is 13.3. The van der Waals surface area contributed by atoms with E-state index in [-0.39, 0.29) is 23.2 Å². The van der Waals surface area contributed by atoms with Gasteiger partial charge in [0.1, 0.15) is 17.8 Å². The van der Waals surface area contributed by atoms with Gasteiger partial charge in [-0.1, -0.05) is 40.7 Å². The number of ether oxygens (including phenoxy) is 4. The molecule has 0 aromatic heterocycles. The largest absolute Gasteiger partial charge is 0.462 e. The highest BCUT2D eigenvalue weighted by atomic mass is 16.7. The molecular weight excluding hydrogens is 480 g/mol. The number of hydrogen-bond acceptors (Lipinski definition) is 9. The van der Waals surface area contributed by atoms with E-state index >= 15 is 0 Å². The van der Waals surface area contributed by atoms with Gasteiger partial charge < -0.3 is 24.1 Å². The molecule has 1 N–H and O–H groups in total. The minimum Gasteiger partial charge on any atom is -0.462 e. The summed E-state index contributed by atoms with van der Waals surface area (Å²) < 4.78 is 23.2. The van der Waals surface area contributed by atoms with Crippen LogP contribution in [0.4, 0.5) is 0 Å². The quantitative estimate of drug-likeness (QED) is 0.335. The molecule has 0 bridgehead atoms.